The minimum absolute atomic E-state index is 0.587. The van der Waals surface area contributed by atoms with Crippen LogP contribution in [0.2, 0.25) is 0 Å². The fourth-order valence-corrected chi connectivity index (χ4v) is 4.81. The van der Waals surface area contributed by atoms with Gasteiger partial charge < -0.3 is 4.57 Å². The van der Waals surface area contributed by atoms with E-state index in [1.54, 1.807) is 5.56 Å². The molecule has 0 N–H and O–H groups in total. The lowest BCUT2D eigenvalue weighted by atomic mass is 9.97. The van der Waals surface area contributed by atoms with Crippen LogP contribution in [0.15, 0.2) is 48.5 Å². The second kappa shape index (κ2) is 5.60. The zero-order chi connectivity index (χ0) is 17.0. The van der Waals surface area contributed by atoms with Crippen molar-refractivity contribution in [3.63, 3.8) is 0 Å². The Morgan fingerprint density at radius 3 is 2.72 bits per heavy atom. The number of aromatic nitrogens is 1. The summed E-state index contributed by atoms with van der Waals surface area (Å²) in [6.45, 7) is 2.20. The van der Waals surface area contributed by atoms with Gasteiger partial charge in [-0.1, -0.05) is 42.0 Å². The first-order valence-electron chi connectivity index (χ1n) is 9.31. The molecule has 0 amide bonds. The first-order chi connectivity index (χ1) is 12.2. The molecule has 0 unspecified atom stereocenters. The molecule has 2 bridgehead atoms. The number of nitrogens with zero attached hydrogens (tertiary/aromatic N) is 2. The zero-order valence-electron chi connectivity index (χ0n) is 14.9. The predicted octanol–water partition coefficient (Wildman–Crippen LogP) is 5.27. The molecular weight excluding hydrogens is 304 g/mol. The molecule has 25 heavy (non-hydrogen) atoms. The van der Waals surface area contributed by atoms with Crippen LogP contribution in [0.5, 0.6) is 0 Å². The fourth-order valence-electron chi connectivity index (χ4n) is 4.81. The third kappa shape index (κ3) is 2.28. The second-order valence-electron chi connectivity index (χ2n) is 7.59. The fraction of sp³-hybridized carbons (Fsp3) is 0.304. The third-order valence-corrected chi connectivity index (χ3v) is 6.12. The molecule has 2 aliphatic rings. The van der Waals surface area contributed by atoms with Gasteiger partial charge in [0.05, 0.1) is 5.52 Å². The Morgan fingerprint density at radius 1 is 1.04 bits per heavy atom. The van der Waals surface area contributed by atoms with E-state index in [0.29, 0.717) is 12.1 Å². The molecule has 2 heteroatoms. The largest absolute Gasteiger partial charge is 0.320 e. The Hall–Kier alpha value is -2.32. The standard InChI is InChI=1S/C23H24N2/c1-16-8-10-20-19(14-16)23-21-11-9-18(24(21)2)15-22(23)25(20)13-12-17-6-4-3-5-7-17/h3-8,10,12-14,18,21H,9,11,15H2,1-2H3/b13-12+/t18-,21+/m1/s1. The van der Waals surface area contributed by atoms with Crippen LogP contribution in [0.1, 0.15) is 41.3 Å². The highest BCUT2D eigenvalue weighted by atomic mass is 15.2. The maximum absolute atomic E-state index is 2.61. The van der Waals surface area contributed by atoms with E-state index in [4.69, 9.17) is 0 Å². The maximum atomic E-state index is 2.61. The smallest absolute Gasteiger partial charge is 0.0529 e. The molecule has 0 spiro atoms. The molecular formula is C23H24N2. The van der Waals surface area contributed by atoms with E-state index in [9.17, 15) is 0 Å². The van der Waals surface area contributed by atoms with Crippen LogP contribution in [0, 0.1) is 6.92 Å². The number of aryl methyl sites for hydroxylation is 1. The quantitative estimate of drug-likeness (QED) is 0.622. The van der Waals surface area contributed by atoms with E-state index < -0.39 is 0 Å². The molecule has 0 saturated carbocycles. The Balaban J connectivity index is 1.72. The first kappa shape index (κ1) is 15.0. The molecule has 2 aromatic carbocycles. The number of hydrogen-bond donors (Lipinski definition) is 0. The first-order valence-corrected chi connectivity index (χ1v) is 9.31. The summed E-state index contributed by atoms with van der Waals surface area (Å²) in [4.78, 5) is 2.61. The van der Waals surface area contributed by atoms with Gasteiger partial charge in [0.15, 0.2) is 0 Å². The number of fused-ring (bicyclic) bond motifs is 6. The number of rotatable bonds is 2. The molecule has 3 heterocycles. The van der Waals surface area contributed by atoms with Crippen LogP contribution >= 0.6 is 0 Å². The van der Waals surface area contributed by atoms with Crippen molar-refractivity contribution in [2.45, 2.75) is 38.3 Å². The van der Waals surface area contributed by atoms with Crippen LogP contribution in [0.4, 0.5) is 0 Å². The van der Waals surface area contributed by atoms with Crippen molar-refractivity contribution in [2.24, 2.45) is 0 Å². The minimum atomic E-state index is 0.587. The topological polar surface area (TPSA) is 8.17 Å². The SMILES string of the molecule is Cc1ccc2c(c1)c1c(n2/C=C/c2ccccc2)C[C@H]2CC[C@@H]1N2C. The summed E-state index contributed by atoms with van der Waals surface area (Å²) in [7, 11) is 2.31. The van der Waals surface area contributed by atoms with Crippen molar-refractivity contribution in [2.75, 3.05) is 7.05 Å². The molecule has 1 fully saturated rings. The molecule has 5 rings (SSSR count). The molecule has 2 nitrogen and oxygen atoms in total. The van der Waals surface area contributed by atoms with E-state index in [1.807, 2.05) is 0 Å². The summed E-state index contributed by atoms with van der Waals surface area (Å²) in [5, 5.41) is 1.45. The van der Waals surface area contributed by atoms with Crippen LogP contribution in [-0.2, 0) is 6.42 Å². The van der Waals surface area contributed by atoms with Gasteiger partial charge in [0.1, 0.15) is 0 Å². The Labute approximate surface area is 149 Å². The Bertz CT molecular complexity index is 965. The van der Waals surface area contributed by atoms with Gasteiger partial charge in [0.25, 0.3) is 0 Å². The lowest BCUT2D eigenvalue weighted by Gasteiger charge is -2.32. The van der Waals surface area contributed by atoms with Gasteiger partial charge in [-0.15, -0.1) is 0 Å². The van der Waals surface area contributed by atoms with Gasteiger partial charge >= 0.3 is 0 Å². The highest BCUT2D eigenvalue weighted by Gasteiger charge is 2.40. The molecule has 1 aromatic heterocycles. The monoisotopic (exact) mass is 328 g/mol. The van der Waals surface area contributed by atoms with Crippen molar-refractivity contribution in [1.29, 1.82) is 0 Å². The predicted molar refractivity (Wildman–Crippen MR) is 106 cm³/mol. The van der Waals surface area contributed by atoms with Crippen LogP contribution in [0.25, 0.3) is 23.2 Å². The van der Waals surface area contributed by atoms with Crippen molar-refractivity contribution in [1.82, 2.24) is 9.47 Å². The summed E-state index contributed by atoms with van der Waals surface area (Å²) in [6.07, 6.45) is 8.29. The molecule has 2 atom stereocenters. The Kier molecular flexibility index (Phi) is 3.36. The van der Waals surface area contributed by atoms with Crippen molar-refractivity contribution in [3.05, 3.63) is 70.9 Å². The van der Waals surface area contributed by atoms with Crippen molar-refractivity contribution in [3.8, 4) is 0 Å². The molecule has 126 valence electrons. The van der Waals surface area contributed by atoms with Crippen LogP contribution in [0.3, 0.4) is 0 Å². The molecule has 2 aliphatic heterocycles. The summed E-state index contributed by atoms with van der Waals surface area (Å²) >= 11 is 0. The number of hydrogen-bond acceptors (Lipinski definition) is 1. The van der Waals surface area contributed by atoms with E-state index in [-0.39, 0.29) is 0 Å². The maximum Gasteiger partial charge on any atom is 0.0529 e. The van der Waals surface area contributed by atoms with Gasteiger partial charge in [-0.05, 0) is 56.1 Å². The van der Waals surface area contributed by atoms with Gasteiger partial charge in [-0.2, -0.15) is 0 Å². The second-order valence-corrected chi connectivity index (χ2v) is 7.59. The number of likely N-dealkylation sites (N-methyl/N-ethyl adjacent to an activating group) is 1. The molecule has 3 aromatic rings. The van der Waals surface area contributed by atoms with Gasteiger partial charge in [-0.25, -0.2) is 0 Å². The average molecular weight is 328 g/mol. The molecule has 0 aliphatic carbocycles. The van der Waals surface area contributed by atoms with Crippen molar-refractivity contribution < 1.29 is 0 Å². The summed E-state index contributed by atoms with van der Waals surface area (Å²) in [5.74, 6) is 0. The highest BCUT2D eigenvalue weighted by Crippen LogP contribution is 2.47. The molecule has 1 saturated heterocycles. The van der Waals surface area contributed by atoms with Gasteiger partial charge in [0.2, 0.25) is 0 Å². The van der Waals surface area contributed by atoms with Crippen LogP contribution in [-0.4, -0.2) is 22.6 Å². The van der Waals surface area contributed by atoms with E-state index in [1.165, 1.54) is 40.6 Å². The average Bonchev–Trinajstić information content (AvgIpc) is 3.04. The molecule has 0 radical (unpaired) electrons. The van der Waals surface area contributed by atoms with Crippen LogP contribution < -0.4 is 0 Å². The van der Waals surface area contributed by atoms with Gasteiger partial charge in [-0.3, -0.25) is 4.90 Å². The summed E-state index contributed by atoms with van der Waals surface area (Å²) in [5.41, 5.74) is 7.05. The summed E-state index contributed by atoms with van der Waals surface area (Å²) < 4.78 is 2.45. The normalized spacial score (nSPS) is 22.8. The Morgan fingerprint density at radius 2 is 1.88 bits per heavy atom. The van der Waals surface area contributed by atoms with E-state index in [2.05, 4.69) is 84.2 Å². The van der Waals surface area contributed by atoms with Gasteiger partial charge in [0, 0.05) is 35.8 Å². The lowest BCUT2D eigenvalue weighted by Crippen LogP contribution is -2.34. The van der Waals surface area contributed by atoms with Crippen molar-refractivity contribution >= 4 is 23.2 Å². The highest BCUT2D eigenvalue weighted by molar-refractivity contribution is 5.90. The lowest BCUT2D eigenvalue weighted by molar-refractivity contribution is 0.223. The number of benzene rings is 2. The zero-order valence-corrected chi connectivity index (χ0v) is 14.9. The minimum Gasteiger partial charge on any atom is -0.320 e. The van der Waals surface area contributed by atoms with E-state index in [0.717, 1.165) is 6.42 Å². The third-order valence-electron chi connectivity index (χ3n) is 6.12. The van der Waals surface area contributed by atoms with E-state index >= 15 is 0 Å². The summed E-state index contributed by atoms with van der Waals surface area (Å²) in [6, 6.07) is 18.8.